The molecular formula is C24H39N5O. The molecule has 30 heavy (non-hydrogen) atoms. The number of aliphatic imine (C=N–C) groups is 1. The fourth-order valence-electron chi connectivity index (χ4n) is 4.43. The first-order valence-electron chi connectivity index (χ1n) is 11.6. The molecule has 2 fully saturated rings. The number of nitrogens with one attached hydrogen (secondary N) is 2. The average molecular weight is 414 g/mol. The summed E-state index contributed by atoms with van der Waals surface area (Å²) in [6, 6.07) is 8.98. The first-order chi connectivity index (χ1) is 14.6. The fraction of sp³-hybridized carbons (Fsp3) is 0.667. The van der Waals surface area contributed by atoms with Crippen LogP contribution in [0.25, 0.3) is 0 Å². The van der Waals surface area contributed by atoms with E-state index in [9.17, 15) is 4.79 Å². The molecule has 2 saturated heterocycles. The van der Waals surface area contributed by atoms with Gasteiger partial charge in [-0.05, 0) is 43.5 Å². The van der Waals surface area contributed by atoms with E-state index in [0.717, 1.165) is 38.6 Å². The van der Waals surface area contributed by atoms with Gasteiger partial charge in [-0.15, -0.1) is 0 Å². The highest BCUT2D eigenvalue weighted by Crippen LogP contribution is 2.16. The van der Waals surface area contributed by atoms with E-state index in [1.807, 2.05) is 25.8 Å². The molecule has 0 saturated carbocycles. The van der Waals surface area contributed by atoms with Crippen molar-refractivity contribution in [3.8, 4) is 0 Å². The number of likely N-dealkylation sites (tertiary alicyclic amines) is 2. The number of hydrogen-bond acceptors (Lipinski definition) is 3. The Morgan fingerprint density at radius 1 is 1.10 bits per heavy atom. The van der Waals surface area contributed by atoms with Crippen LogP contribution >= 0.6 is 0 Å². The molecule has 2 aliphatic rings. The number of benzene rings is 1. The SMILES string of the molecule is CN=C(NCc1ccccc1CN1CCCCCC1)NC1CCN(C(=O)C(C)C)C1. The van der Waals surface area contributed by atoms with E-state index in [1.54, 1.807) is 0 Å². The van der Waals surface area contributed by atoms with Crippen molar-refractivity contribution in [3.63, 3.8) is 0 Å². The predicted molar refractivity (Wildman–Crippen MR) is 123 cm³/mol. The number of amides is 1. The molecule has 1 aromatic carbocycles. The Morgan fingerprint density at radius 3 is 2.47 bits per heavy atom. The van der Waals surface area contributed by atoms with Crippen molar-refractivity contribution in [2.75, 3.05) is 33.2 Å². The monoisotopic (exact) mass is 413 g/mol. The second-order valence-electron chi connectivity index (χ2n) is 8.95. The van der Waals surface area contributed by atoms with Gasteiger partial charge in [-0.1, -0.05) is 51.0 Å². The molecular weight excluding hydrogens is 374 g/mol. The zero-order valence-corrected chi connectivity index (χ0v) is 19.0. The van der Waals surface area contributed by atoms with Crippen LogP contribution in [0.4, 0.5) is 0 Å². The quantitative estimate of drug-likeness (QED) is 0.556. The minimum absolute atomic E-state index is 0.0573. The first-order valence-corrected chi connectivity index (χ1v) is 11.6. The number of rotatable bonds is 6. The van der Waals surface area contributed by atoms with Gasteiger partial charge in [0.2, 0.25) is 5.91 Å². The normalized spacial score (nSPS) is 21.0. The van der Waals surface area contributed by atoms with Crippen LogP contribution in [0.15, 0.2) is 29.3 Å². The first kappa shape index (κ1) is 22.6. The summed E-state index contributed by atoms with van der Waals surface area (Å²) < 4.78 is 0. The number of guanidine groups is 1. The molecule has 6 nitrogen and oxygen atoms in total. The minimum atomic E-state index is 0.0573. The molecule has 1 amide bonds. The minimum Gasteiger partial charge on any atom is -0.352 e. The second kappa shape index (κ2) is 11.3. The lowest BCUT2D eigenvalue weighted by molar-refractivity contribution is -0.133. The predicted octanol–water partition coefficient (Wildman–Crippen LogP) is 2.98. The van der Waals surface area contributed by atoms with E-state index in [1.165, 1.54) is 49.9 Å². The van der Waals surface area contributed by atoms with Crippen LogP contribution in [-0.2, 0) is 17.9 Å². The van der Waals surface area contributed by atoms with E-state index >= 15 is 0 Å². The lowest BCUT2D eigenvalue weighted by Crippen LogP contribution is -2.45. The van der Waals surface area contributed by atoms with Gasteiger partial charge >= 0.3 is 0 Å². The topological polar surface area (TPSA) is 60.0 Å². The van der Waals surface area contributed by atoms with Crippen LogP contribution in [0, 0.1) is 5.92 Å². The van der Waals surface area contributed by atoms with E-state index < -0.39 is 0 Å². The Bertz CT molecular complexity index is 709. The van der Waals surface area contributed by atoms with Gasteiger partial charge in [0.15, 0.2) is 5.96 Å². The van der Waals surface area contributed by atoms with Gasteiger partial charge in [-0.2, -0.15) is 0 Å². The summed E-state index contributed by atoms with van der Waals surface area (Å²) in [6.07, 6.45) is 6.32. The molecule has 2 heterocycles. The van der Waals surface area contributed by atoms with E-state index in [0.29, 0.717) is 0 Å². The lowest BCUT2D eigenvalue weighted by atomic mass is 10.1. The van der Waals surface area contributed by atoms with Crippen LogP contribution in [0.1, 0.15) is 57.1 Å². The van der Waals surface area contributed by atoms with Gasteiger partial charge in [-0.3, -0.25) is 14.7 Å². The van der Waals surface area contributed by atoms with Gasteiger partial charge in [0.1, 0.15) is 0 Å². The Kier molecular flexibility index (Phi) is 8.55. The molecule has 2 aliphatic heterocycles. The molecule has 1 unspecified atom stereocenters. The standard InChI is InChI=1S/C24H39N5O/c1-19(2)23(30)29-15-12-22(18-29)27-24(25-3)26-16-20-10-6-7-11-21(20)17-28-13-8-4-5-9-14-28/h6-7,10-11,19,22H,4-5,8-9,12-18H2,1-3H3,(H2,25,26,27). The third-order valence-corrected chi connectivity index (χ3v) is 6.22. The van der Waals surface area contributed by atoms with Crippen LogP contribution in [0.3, 0.4) is 0 Å². The lowest BCUT2D eigenvalue weighted by Gasteiger charge is -2.23. The maximum atomic E-state index is 12.2. The van der Waals surface area contributed by atoms with Crippen molar-refractivity contribution in [2.45, 2.75) is 65.1 Å². The zero-order valence-electron chi connectivity index (χ0n) is 19.0. The molecule has 3 rings (SSSR count). The maximum Gasteiger partial charge on any atom is 0.225 e. The largest absolute Gasteiger partial charge is 0.352 e. The summed E-state index contributed by atoms with van der Waals surface area (Å²) in [7, 11) is 1.81. The van der Waals surface area contributed by atoms with Gasteiger partial charge in [0.05, 0.1) is 0 Å². The smallest absolute Gasteiger partial charge is 0.225 e. The third-order valence-electron chi connectivity index (χ3n) is 6.22. The van der Waals surface area contributed by atoms with E-state index in [4.69, 9.17) is 0 Å². The summed E-state index contributed by atoms with van der Waals surface area (Å²) in [5.41, 5.74) is 2.73. The van der Waals surface area contributed by atoms with Crippen LogP contribution in [0.5, 0.6) is 0 Å². The summed E-state index contributed by atoms with van der Waals surface area (Å²) in [5, 5.41) is 6.99. The zero-order chi connectivity index (χ0) is 21.3. The molecule has 1 aromatic rings. The molecule has 6 heteroatoms. The maximum absolute atomic E-state index is 12.2. The van der Waals surface area contributed by atoms with Gasteiger partial charge in [0.25, 0.3) is 0 Å². The molecule has 0 aromatic heterocycles. The molecule has 1 atom stereocenters. The molecule has 166 valence electrons. The Hall–Kier alpha value is -2.08. The summed E-state index contributed by atoms with van der Waals surface area (Å²) in [6.45, 7) is 9.70. The van der Waals surface area contributed by atoms with Gasteiger partial charge in [0, 0.05) is 45.2 Å². The number of carbonyl (C=O) groups is 1. The Balaban J connectivity index is 1.52. The van der Waals surface area contributed by atoms with Crippen molar-refractivity contribution in [2.24, 2.45) is 10.9 Å². The average Bonchev–Trinajstić information content (AvgIpc) is 3.06. The summed E-state index contributed by atoms with van der Waals surface area (Å²) in [5.74, 6) is 1.11. The van der Waals surface area contributed by atoms with E-state index in [-0.39, 0.29) is 17.9 Å². The second-order valence-corrected chi connectivity index (χ2v) is 8.95. The van der Waals surface area contributed by atoms with E-state index in [2.05, 4.69) is 44.8 Å². The van der Waals surface area contributed by atoms with Gasteiger partial charge < -0.3 is 15.5 Å². The Morgan fingerprint density at radius 2 is 1.80 bits per heavy atom. The molecule has 0 spiro atoms. The molecule has 0 aliphatic carbocycles. The third kappa shape index (κ3) is 6.46. The van der Waals surface area contributed by atoms with Crippen molar-refractivity contribution >= 4 is 11.9 Å². The van der Waals surface area contributed by atoms with Crippen LogP contribution < -0.4 is 10.6 Å². The number of carbonyl (C=O) groups excluding carboxylic acids is 1. The van der Waals surface area contributed by atoms with Crippen LogP contribution in [0.2, 0.25) is 0 Å². The van der Waals surface area contributed by atoms with Crippen molar-refractivity contribution in [3.05, 3.63) is 35.4 Å². The molecule has 0 radical (unpaired) electrons. The van der Waals surface area contributed by atoms with Gasteiger partial charge in [-0.25, -0.2) is 0 Å². The van der Waals surface area contributed by atoms with Crippen molar-refractivity contribution < 1.29 is 4.79 Å². The fourth-order valence-corrected chi connectivity index (χ4v) is 4.43. The highest BCUT2D eigenvalue weighted by atomic mass is 16.2. The van der Waals surface area contributed by atoms with Crippen molar-refractivity contribution in [1.29, 1.82) is 0 Å². The number of nitrogens with zero attached hydrogens (tertiary/aromatic N) is 3. The number of hydrogen-bond donors (Lipinski definition) is 2. The highest BCUT2D eigenvalue weighted by Gasteiger charge is 2.28. The van der Waals surface area contributed by atoms with Crippen molar-refractivity contribution in [1.82, 2.24) is 20.4 Å². The Labute approximate surface area is 182 Å². The van der Waals surface area contributed by atoms with Crippen LogP contribution in [-0.4, -0.2) is 60.9 Å². The molecule has 2 N–H and O–H groups in total. The highest BCUT2D eigenvalue weighted by molar-refractivity contribution is 5.81. The summed E-state index contributed by atoms with van der Waals surface area (Å²) >= 11 is 0. The molecule has 0 bridgehead atoms. The summed E-state index contributed by atoms with van der Waals surface area (Å²) in [4.78, 5) is 21.2.